The fourth-order valence-electron chi connectivity index (χ4n) is 3.11. The number of hydrogen-bond donors (Lipinski definition) is 1. The maximum Gasteiger partial charge on any atom is 0.229 e. The zero-order valence-corrected chi connectivity index (χ0v) is 13.5. The Kier molecular flexibility index (Phi) is 4.41. The largest absolute Gasteiger partial charge is 0.497 e. The Morgan fingerprint density at radius 3 is 2.65 bits per heavy atom. The van der Waals surface area contributed by atoms with Gasteiger partial charge in [-0.05, 0) is 31.4 Å². The molecule has 2 fully saturated rings. The Balaban J connectivity index is 1.68. The summed E-state index contributed by atoms with van der Waals surface area (Å²) in [4.78, 5) is 26.5. The number of carbonyl (C=O) groups excluding carboxylic acids is 2. The van der Waals surface area contributed by atoms with Gasteiger partial charge in [0.1, 0.15) is 11.5 Å². The van der Waals surface area contributed by atoms with Gasteiger partial charge in [-0.2, -0.15) is 0 Å². The van der Waals surface area contributed by atoms with E-state index >= 15 is 0 Å². The van der Waals surface area contributed by atoms with Crippen molar-refractivity contribution in [2.45, 2.75) is 31.7 Å². The van der Waals surface area contributed by atoms with Gasteiger partial charge in [0.25, 0.3) is 0 Å². The van der Waals surface area contributed by atoms with Gasteiger partial charge in [-0.15, -0.1) is 0 Å². The second-order valence-electron chi connectivity index (χ2n) is 6.09. The quantitative estimate of drug-likeness (QED) is 0.902. The third-order valence-electron chi connectivity index (χ3n) is 4.71. The van der Waals surface area contributed by atoms with Gasteiger partial charge in [-0.1, -0.05) is 0 Å². The van der Waals surface area contributed by atoms with E-state index < -0.39 is 0 Å². The molecule has 1 saturated heterocycles. The van der Waals surface area contributed by atoms with Crippen molar-refractivity contribution in [1.82, 2.24) is 4.90 Å². The smallest absolute Gasteiger partial charge is 0.229 e. The third kappa shape index (κ3) is 3.11. The topological polar surface area (TPSA) is 67.9 Å². The van der Waals surface area contributed by atoms with Crippen LogP contribution in [0.5, 0.6) is 11.5 Å². The van der Waals surface area contributed by atoms with Crippen molar-refractivity contribution < 1.29 is 19.1 Å². The molecule has 3 rings (SSSR count). The maximum atomic E-state index is 12.5. The van der Waals surface area contributed by atoms with Crippen LogP contribution in [0.3, 0.4) is 0 Å². The molecular weight excluding hydrogens is 296 g/mol. The summed E-state index contributed by atoms with van der Waals surface area (Å²) < 4.78 is 10.4. The highest BCUT2D eigenvalue weighted by atomic mass is 16.5. The number of amides is 2. The van der Waals surface area contributed by atoms with E-state index in [1.165, 1.54) is 6.42 Å². The van der Waals surface area contributed by atoms with Crippen molar-refractivity contribution >= 4 is 17.5 Å². The zero-order valence-electron chi connectivity index (χ0n) is 13.5. The Labute approximate surface area is 135 Å². The molecule has 1 aliphatic carbocycles. The van der Waals surface area contributed by atoms with Crippen LogP contribution in [0, 0.1) is 5.92 Å². The minimum Gasteiger partial charge on any atom is -0.497 e. The molecule has 1 aliphatic heterocycles. The molecule has 0 radical (unpaired) electrons. The molecule has 23 heavy (non-hydrogen) atoms. The van der Waals surface area contributed by atoms with Gasteiger partial charge in [0.15, 0.2) is 0 Å². The number of nitrogens with zero attached hydrogens (tertiary/aromatic N) is 1. The lowest BCUT2D eigenvalue weighted by molar-refractivity contribution is -0.131. The van der Waals surface area contributed by atoms with Gasteiger partial charge in [-0.25, -0.2) is 0 Å². The van der Waals surface area contributed by atoms with Crippen LogP contribution < -0.4 is 14.8 Å². The lowest BCUT2D eigenvalue weighted by Gasteiger charge is -2.34. The van der Waals surface area contributed by atoms with Crippen LogP contribution in [0.2, 0.25) is 0 Å². The third-order valence-corrected chi connectivity index (χ3v) is 4.71. The van der Waals surface area contributed by atoms with Crippen LogP contribution in [-0.4, -0.2) is 43.5 Å². The van der Waals surface area contributed by atoms with Crippen LogP contribution in [0.1, 0.15) is 25.7 Å². The number of carbonyl (C=O) groups is 2. The molecule has 1 heterocycles. The highest BCUT2D eigenvalue weighted by Gasteiger charge is 2.39. The summed E-state index contributed by atoms with van der Waals surface area (Å²) in [6.45, 7) is 0.515. The fourth-order valence-corrected chi connectivity index (χ4v) is 3.11. The second kappa shape index (κ2) is 6.48. The summed E-state index contributed by atoms with van der Waals surface area (Å²) in [7, 11) is 3.12. The van der Waals surface area contributed by atoms with Crippen molar-refractivity contribution in [3.8, 4) is 11.5 Å². The van der Waals surface area contributed by atoms with Crippen molar-refractivity contribution in [2.75, 3.05) is 26.1 Å². The van der Waals surface area contributed by atoms with Crippen LogP contribution >= 0.6 is 0 Å². The summed E-state index contributed by atoms with van der Waals surface area (Å²) in [6, 6.07) is 5.57. The Hall–Kier alpha value is -2.24. The molecule has 1 saturated carbocycles. The number of ether oxygens (including phenoxy) is 2. The first-order valence-electron chi connectivity index (χ1n) is 7.94. The minimum absolute atomic E-state index is 0.0902. The molecular formula is C17H22N2O4. The maximum absolute atomic E-state index is 12.5. The average molecular weight is 318 g/mol. The van der Waals surface area contributed by atoms with E-state index in [2.05, 4.69) is 5.32 Å². The predicted molar refractivity (Wildman–Crippen MR) is 85.6 cm³/mol. The standard InChI is InChI=1S/C17H22N2O4/c1-22-13-6-7-15(23-2)14(9-13)18-17(21)11-8-16(20)19(10-11)12-4-3-5-12/h6-7,9,11-12H,3-5,8,10H2,1-2H3,(H,18,21). The van der Waals surface area contributed by atoms with Gasteiger partial charge < -0.3 is 19.7 Å². The molecule has 124 valence electrons. The highest BCUT2D eigenvalue weighted by molar-refractivity contribution is 5.98. The number of hydrogen-bond acceptors (Lipinski definition) is 4. The first-order chi connectivity index (χ1) is 11.1. The molecule has 6 heteroatoms. The van der Waals surface area contributed by atoms with E-state index in [1.807, 2.05) is 4.90 Å². The van der Waals surface area contributed by atoms with Crippen molar-refractivity contribution in [3.05, 3.63) is 18.2 Å². The number of anilines is 1. The lowest BCUT2D eigenvalue weighted by atomic mass is 9.92. The van der Waals surface area contributed by atoms with Crippen LogP contribution in [0.15, 0.2) is 18.2 Å². The average Bonchev–Trinajstić information content (AvgIpc) is 2.87. The molecule has 0 spiro atoms. The number of methoxy groups -OCH3 is 2. The van der Waals surface area contributed by atoms with Crippen molar-refractivity contribution in [1.29, 1.82) is 0 Å². The fraction of sp³-hybridized carbons (Fsp3) is 0.529. The Morgan fingerprint density at radius 2 is 2.04 bits per heavy atom. The van der Waals surface area contributed by atoms with Crippen LogP contribution in [0.25, 0.3) is 0 Å². The number of benzene rings is 1. The normalized spacial score (nSPS) is 21.0. The SMILES string of the molecule is COc1ccc(OC)c(NC(=O)C2CC(=O)N(C3CCC3)C2)c1. The summed E-state index contributed by atoms with van der Waals surface area (Å²) in [5.74, 6) is 0.845. The molecule has 0 aromatic heterocycles. The summed E-state index contributed by atoms with van der Waals surface area (Å²) in [5, 5.41) is 2.87. The second-order valence-corrected chi connectivity index (χ2v) is 6.09. The van der Waals surface area contributed by atoms with E-state index in [1.54, 1.807) is 32.4 Å². The number of nitrogens with one attached hydrogen (secondary N) is 1. The molecule has 1 aromatic rings. The Bertz CT molecular complexity index is 613. The minimum atomic E-state index is -0.306. The molecule has 2 amide bonds. The van der Waals surface area contributed by atoms with E-state index in [9.17, 15) is 9.59 Å². The molecule has 6 nitrogen and oxygen atoms in total. The van der Waals surface area contributed by atoms with Gasteiger partial charge >= 0.3 is 0 Å². The predicted octanol–water partition coefficient (Wildman–Crippen LogP) is 2.04. The molecule has 1 aromatic carbocycles. The molecule has 1 atom stereocenters. The first kappa shape index (κ1) is 15.6. The first-order valence-corrected chi connectivity index (χ1v) is 7.94. The lowest BCUT2D eigenvalue weighted by Crippen LogP contribution is -2.41. The van der Waals surface area contributed by atoms with E-state index in [0.29, 0.717) is 29.8 Å². The molecule has 1 unspecified atom stereocenters. The van der Waals surface area contributed by atoms with E-state index in [0.717, 1.165) is 12.8 Å². The van der Waals surface area contributed by atoms with Gasteiger partial charge in [-0.3, -0.25) is 9.59 Å². The van der Waals surface area contributed by atoms with E-state index in [-0.39, 0.29) is 24.2 Å². The Morgan fingerprint density at radius 1 is 1.26 bits per heavy atom. The van der Waals surface area contributed by atoms with Crippen molar-refractivity contribution in [3.63, 3.8) is 0 Å². The molecule has 1 N–H and O–H groups in total. The summed E-state index contributed by atoms with van der Waals surface area (Å²) in [5.41, 5.74) is 0.561. The summed E-state index contributed by atoms with van der Waals surface area (Å²) in [6.07, 6.45) is 3.58. The molecule has 2 aliphatic rings. The van der Waals surface area contributed by atoms with Crippen molar-refractivity contribution in [2.24, 2.45) is 5.92 Å². The molecule has 0 bridgehead atoms. The number of rotatable bonds is 5. The zero-order chi connectivity index (χ0) is 16.4. The van der Waals surface area contributed by atoms with Crippen LogP contribution in [0.4, 0.5) is 5.69 Å². The monoisotopic (exact) mass is 318 g/mol. The number of likely N-dealkylation sites (tertiary alicyclic amines) is 1. The van der Waals surface area contributed by atoms with Gasteiger partial charge in [0.05, 0.1) is 25.8 Å². The highest BCUT2D eigenvalue weighted by Crippen LogP contribution is 2.33. The van der Waals surface area contributed by atoms with Crippen LogP contribution in [-0.2, 0) is 9.59 Å². The van der Waals surface area contributed by atoms with Gasteiger partial charge in [0, 0.05) is 25.1 Å². The van der Waals surface area contributed by atoms with E-state index in [4.69, 9.17) is 9.47 Å². The van der Waals surface area contributed by atoms with Gasteiger partial charge in [0.2, 0.25) is 11.8 Å². The summed E-state index contributed by atoms with van der Waals surface area (Å²) >= 11 is 0.